The van der Waals surface area contributed by atoms with E-state index in [0.717, 1.165) is 25.8 Å². The van der Waals surface area contributed by atoms with Gasteiger partial charge in [0.2, 0.25) is 10.0 Å². The lowest BCUT2D eigenvalue weighted by Gasteiger charge is -2.27. The first kappa shape index (κ1) is 16.7. The smallest absolute Gasteiger partial charge is 0.246 e. The minimum atomic E-state index is -3.76. The summed E-state index contributed by atoms with van der Waals surface area (Å²) in [5.41, 5.74) is 0.474. The Labute approximate surface area is 131 Å². The maximum Gasteiger partial charge on any atom is 0.246 e. The molecular formula is C14H20ClFN2O2S. The fourth-order valence-electron chi connectivity index (χ4n) is 3.38. The molecule has 1 aromatic rings. The number of hydrogen-bond donors (Lipinski definition) is 1. The maximum absolute atomic E-state index is 14.1. The van der Waals surface area contributed by atoms with Crippen LogP contribution >= 0.6 is 12.4 Å². The maximum atomic E-state index is 14.1. The van der Waals surface area contributed by atoms with Crippen LogP contribution in [-0.4, -0.2) is 37.9 Å². The van der Waals surface area contributed by atoms with Crippen LogP contribution in [-0.2, 0) is 10.0 Å². The van der Waals surface area contributed by atoms with Gasteiger partial charge >= 0.3 is 0 Å². The number of aryl methyl sites for hydroxylation is 1. The van der Waals surface area contributed by atoms with Crippen molar-refractivity contribution < 1.29 is 12.8 Å². The second-order valence-corrected chi connectivity index (χ2v) is 7.38. The van der Waals surface area contributed by atoms with Gasteiger partial charge in [-0.2, -0.15) is 4.31 Å². The van der Waals surface area contributed by atoms with Crippen LogP contribution in [0.3, 0.4) is 0 Å². The monoisotopic (exact) mass is 334 g/mol. The lowest BCUT2D eigenvalue weighted by atomic mass is 10.1. The summed E-state index contributed by atoms with van der Waals surface area (Å²) in [4.78, 5) is -0.154. The molecule has 2 saturated heterocycles. The zero-order valence-corrected chi connectivity index (χ0v) is 13.5. The number of rotatable bonds is 2. The van der Waals surface area contributed by atoms with Crippen LogP contribution < -0.4 is 5.32 Å². The summed E-state index contributed by atoms with van der Waals surface area (Å²) in [6, 6.07) is 4.36. The average Bonchev–Trinajstić information content (AvgIpc) is 2.63. The molecule has 0 amide bonds. The Morgan fingerprint density at radius 3 is 2.67 bits per heavy atom. The minimum Gasteiger partial charge on any atom is -0.315 e. The molecule has 2 atom stereocenters. The zero-order chi connectivity index (χ0) is 14.3. The predicted molar refractivity (Wildman–Crippen MR) is 81.7 cm³/mol. The van der Waals surface area contributed by atoms with Crippen LogP contribution in [0.2, 0.25) is 0 Å². The Balaban J connectivity index is 0.00000161. The van der Waals surface area contributed by atoms with Crippen molar-refractivity contribution >= 4 is 22.4 Å². The molecule has 4 nitrogen and oxygen atoms in total. The van der Waals surface area contributed by atoms with Crippen LogP contribution in [0.15, 0.2) is 23.1 Å². The molecule has 118 valence electrons. The summed E-state index contributed by atoms with van der Waals surface area (Å²) in [6.07, 6.45) is 2.52. The fraction of sp³-hybridized carbons (Fsp3) is 0.571. The number of fused-ring (bicyclic) bond motifs is 2. The molecule has 1 N–H and O–H groups in total. The van der Waals surface area contributed by atoms with E-state index in [2.05, 4.69) is 5.32 Å². The number of sulfonamides is 1. The first-order chi connectivity index (χ1) is 9.51. The van der Waals surface area contributed by atoms with E-state index < -0.39 is 15.8 Å². The minimum absolute atomic E-state index is 0. The quantitative estimate of drug-likeness (QED) is 0.900. The van der Waals surface area contributed by atoms with E-state index in [4.69, 9.17) is 0 Å². The van der Waals surface area contributed by atoms with Crippen molar-refractivity contribution in [2.75, 3.05) is 13.1 Å². The highest BCUT2D eigenvalue weighted by Crippen LogP contribution is 2.35. The molecule has 2 aliphatic heterocycles. The van der Waals surface area contributed by atoms with Crippen LogP contribution in [0.25, 0.3) is 0 Å². The zero-order valence-electron chi connectivity index (χ0n) is 11.9. The number of halogens is 2. The summed E-state index contributed by atoms with van der Waals surface area (Å²) >= 11 is 0. The lowest BCUT2D eigenvalue weighted by molar-refractivity contribution is 0.332. The molecule has 2 aliphatic rings. The van der Waals surface area contributed by atoms with Crippen molar-refractivity contribution in [3.05, 3.63) is 29.6 Å². The molecule has 0 aromatic heterocycles. The van der Waals surface area contributed by atoms with Gasteiger partial charge in [0.25, 0.3) is 0 Å². The van der Waals surface area contributed by atoms with Gasteiger partial charge in [-0.25, -0.2) is 12.8 Å². The van der Waals surface area contributed by atoms with Gasteiger partial charge in [0.15, 0.2) is 0 Å². The molecule has 0 saturated carbocycles. The molecule has 7 heteroatoms. The van der Waals surface area contributed by atoms with E-state index in [-0.39, 0.29) is 29.4 Å². The van der Waals surface area contributed by atoms with E-state index in [9.17, 15) is 12.8 Å². The average molecular weight is 335 g/mol. The van der Waals surface area contributed by atoms with Crippen LogP contribution in [0.1, 0.15) is 24.8 Å². The van der Waals surface area contributed by atoms with E-state index in [1.165, 1.54) is 6.07 Å². The van der Waals surface area contributed by atoms with E-state index in [1.807, 2.05) is 0 Å². The van der Waals surface area contributed by atoms with Crippen LogP contribution in [0, 0.1) is 12.7 Å². The lowest BCUT2D eigenvalue weighted by Crippen LogP contribution is -2.42. The highest BCUT2D eigenvalue weighted by molar-refractivity contribution is 7.89. The number of nitrogens with zero attached hydrogens (tertiary/aromatic N) is 1. The molecule has 2 bridgehead atoms. The molecule has 2 heterocycles. The number of hydrogen-bond acceptors (Lipinski definition) is 3. The molecule has 0 aliphatic carbocycles. The highest BCUT2D eigenvalue weighted by atomic mass is 35.5. The van der Waals surface area contributed by atoms with Crippen LogP contribution in [0.4, 0.5) is 4.39 Å². The van der Waals surface area contributed by atoms with Gasteiger partial charge in [0, 0.05) is 18.6 Å². The first-order valence-electron chi connectivity index (χ1n) is 7.01. The SMILES string of the molecule is Cc1cccc(F)c1S(=O)(=O)N1C2CCNCC1CC2.Cl. The third-order valence-corrected chi connectivity index (χ3v) is 6.47. The van der Waals surface area contributed by atoms with Crippen molar-refractivity contribution in [3.63, 3.8) is 0 Å². The topological polar surface area (TPSA) is 49.4 Å². The summed E-state index contributed by atoms with van der Waals surface area (Å²) in [5, 5.41) is 3.26. The van der Waals surface area contributed by atoms with E-state index in [0.29, 0.717) is 12.1 Å². The molecule has 21 heavy (non-hydrogen) atoms. The first-order valence-corrected chi connectivity index (χ1v) is 8.45. The Morgan fingerprint density at radius 2 is 1.95 bits per heavy atom. The summed E-state index contributed by atoms with van der Waals surface area (Å²) < 4.78 is 41.4. The Kier molecular flexibility index (Phi) is 4.92. The molecular weight excluding hydrogens is 315 g/mol. The van der Waals surface area contributed by atoms with Crippen molar-refractivity contribution in [3.8, 4) is 0 Å². The number of nitrogens with one attached hydrogen (secondary N) is 1. The highest BCUT2D eigenvalue weighted by Gasteiger charge is 2.44. The molecule has 2 fully saturated rings. The van der Waals surface area contributed by atoms with Crippen LogP contribution in [0.5, 0.6) is 0 Å². The molecule has 0 radical (unpaired) electrons. The third-order valence-electron chi connectivity index (χ3n) is 4.29. The summed E-state index contributed by atoms with van der Waals surface area (Å²) in [6.45, 7) is 3.13. The summed E-state index contributed by atoms with van der Waals surface area (Å²) in [5.74, 6) is -0.651. The Morgan fingerprint density at radius 1 is 1.24 bits per heavy atom. The predicted octanol–water partition coefficient (Wildman–Crippen LogP) is 2.07. The van der Waals surface area contributed by atoms with Gasteiger partial charge in [-0.1, -0.05) is 12.1 Å². The fourth-order valence-corrected chi connectivity index (χ4v) is 5.56. The van der Waals surface area contributed by atoms with Crippen molar-refractivity contribution in [1.82, 2.24) is 9.62 Å². The standard InChI is InChI=1S/C14H19FN2O2S.ClH/c1-10-3-2-4-13(15)14(10)20(18,19)17-11-5-6-12(17)9-16-8-7-11;/h2-4,11-12,16H,5-9H2,1H3;1H. The van der Waals surface area contributed by atoms with E-state index >= 15 is 0 Å². The van der Waals surface area contributed by atoms with Gasteiger partial charge in [-0.05, 0) is 44.4 Å². The van der Waals surface area contributed by atoms with Gasteiger partial charge in [0.1, 0.15) is 10.7 Å². The largest absolute Gasteiger partial charge is 0.315 e. The second kappa shape index (κ2) is 6.20. The Hall–Kier alpha value is -0.690. The van der Waals surface area contributed by atoms with Gasteiger partial charge < -0.3 is 5.32 Å². The molecule has 2 unspecified atom stereocenters. The normalized spacial score (nSPS) is 26.2. The second-order valence-electron chi connectivity index (χ2n) is 5.60. The summed E-state index contributed by atoms with van der Waals surface area (Å²) in [7, 11) is -3.76. The van der Waals surface area contributed by atoms with Gasteiger partial charge in [-0.15, -0.1) is 12.4 Å². The van der Waals surface area contributed by atoms with Crippen molar-refractivity contribution in [2.45, 2.75) is 43.2 Å². The van der Waals surface area contributed by atoms with Gasteiger partial charge in [-0.3, -0.25) is 0 Å². The molecule has 0 spiro atoms. The van der Waals surface area contributed by atoms with Crippen molar-refractivity contribution in [1.29, 1.82) is 0 Å². The Bertz CT molecular complexity index is 589. The third kappa shape index (κ3) is 2.82. The number of benzene rings is 1. The van der Waals surface area contributed by atoms with E-state index in [1.54, 1.807) is 23.4 Å². The molecule has 3 rings (SSSR count). The van der Waals surface area contributed by atoms with Gasteiger partial charge in [0.05, 0.1) is 0 Å². The molecule has 1 aromatic carbocycles. The van der Waals surface area contributed by atoms with Crippen molar-refractivity contribution in [2.24, 2.45) is 0 Å².